The standard InChI is InChI=1S/C15H15ClN6O/c1-20-11-12(19-14(20)17)22(8-9-2-4-10(16)5-3-9)15-18-6-7-21(15)13(11)23/h2-5H,6-8H2,1H3,(H2,17,19). The third-order valence-corrected chi connectivity index (χ3v) is 4.38. The molecule has 0 saturated carbocycles. The van der Waals surface area contributed by atoms with Gasteiger partial charge in [0.15, 0.2) is 11.5 Å². The van der Waals surface area contributed by atoms with Crippen molar-refractivity contribution in [2.45, 2.75) is 6.54 Å². The summed E-state index contributed by atoms with van der Waals surface area (Å²) in [6, 6.07) is 7.58. The van der Waals surface area contributed by atoms with Crippen LogP contribution in [0.25, 0.3) is 0 Å². The monoisotopic (exact) mass is 330 g/mol. The lowest BCUT2D eigenvalue weighted by molar-refractivity contribution is 0.0842. The van der Waals surface area contributed by atoms with Crippen molar-refractivity contribution in [1.82, 2.24) is 14.5 Å². The van der Waals surface area contributed by atoms with Crippen LogP contribution >= 0.6 is 11.6 Å². The first-order chi connectivity index (χ1) is 11.1. The number of benzene rings is 1. The van der Waals surface area contributed by atoms with Gasteiger partial charge in [-0.1, -0.05) is 23.7 Å². The van der Waals surface area contributed by atoms with Crippen LogP contribution in [0.5, 0.6) is 0 Å². The molecule has 1 amide bonds. The maximum absolute atomic E-state index is 12.7. The van der Waals surface area contributed by atoms with Gasteiger partial charge in [0.1, 0.15) is 0 Å². The van der Waals surface area contributed by atoms with Crippen LogP contribution in [0.2, 0.25) is 5.02 Å². The van der Waals surface area contributed by atoms with Crippen molar-refractivity contribution in [3.8, 4) is 0 Å². The molecule has 2 N–H and O–H groups in total. The van der Waals surface area contributed by atoms with Gasteiger partial charge in [0.05, 0.1) is 13.1 Å². The molecule has 0 unspecified atom stereocenters. The zero-order valence-corrected chi connectivity index (χ0v) is 13.3. The number of guanidine groups is 1. The number of amides is 1. The van der Waals surface area contributed by atoms with E-state index in [0.717, 1.165) is 5.56 Å². The van der Waals surface area contributed by atoms with Gasteiger partial charge in [-0.3, -0.25) is 19.6 Å². The number of nitrogen functional groups attached to an aromatic ring is 1. The Morgan fingerprint density at radius 1 is 1.30 bits per heavy atom. The molecular formula is C15H15ClN6O. The summed E-state index contributed by atoms with van der Waals surface area (Å²) in [6.07, 6.45) is 0. The van der Waals surface area contributed by atoms with Crippen LogP contribution in [0, 0.1) is 0 Å². The Labute approximate surface area is 138 Å². The topological polar surface area (TPSA) is 79.8 Å². The lowest BCUT2D eigenvalue weighted by Crippen LogP contribution is -2.50. The minimum atomic E-state index is -0.102. The number of fused-ring (bicyclic) bond motifs is 2. The second kappa shape index (κ2) is 4.99. The van der Waals surface area contributed by atoms with Crippen LogP contribution in [-0.4, -0.2) is 39.4 Å². The van der Waals surface area contributed by atoms with Gasteiger partial charge < -0.3 is 10.3 Å². The van der Waals surface area contributed by atoms with Crippen molar-refractivity contribution >= 4 is 35.2 Å². The zero-order valence-electron chi connectivity index (χ0n) is 12.5. The number of nitrogens with zero attached hydrogens (tertiary/aromatic N) is 5. The van der Waals surface area contributed by atoms with Gasteiger partial charge in [-0.15, -0.1) is 0 Å². The second-order valence-corrected chi connectivity index (χ2v) is 5.99. The zero-order chi connectivity index (χ0) is 16.1. The van der Waals surface area contributed by atoms with E-state index in [1.165, 1.54) is 0 Å². The minimum absolute atomic E-state index is 0.102. The van der Waals surface area contributed by atoms with E-state index in [4.69, 9.17) is 17.3 Å². The van der Waals surface area contributed by atoms with E-state index in [1.54, 1.807) is 16.5 Å². The quantitative estimate of drug-likeness (QED) is 0.904. The largest absolute Gasteiger partial charge is 0.369 e. The highest BCUT2D eigenvalue weighted by Crippen LogP contribution is 2.32. The fourth-order valence-corrected chi connectivity index (χ4v) is 3.05. The average Bonchev–Trinajstić information content (AvgIpc) is 3.12. The molecule has 0 spiro atoms. The highest BCUT2D eigenvalue weighted by molar-refractivity contribution is 6.30. The molecule has 23 heavy (non-hydrogen) atoms. The van der Waals surface area contributed by atoms with Crippen molar-refractivity contribution in [3.05, 3.63) is 40.5 Å². The van der Waals surface area contributed by atoms with Crippen LogP contribution < -0.4 is 10.6 Å². The van der Waals surface area contributed by atoms with Crippen LogP contribution in [0.3, 0.4) is 0 Å². The Morgan fingerprint density at radius 3 is 2.78 bits per heavy atom. The molecule has 0 radical (unpaired) electrons. The van der Waals surface area contributed by atoms with Crippen LogP contribution in [-0.2, 0) is 13.6 Å². The van der Waals surface area contributed by atoms with Crippen LogP contribution in [0.1, 0.15) is 16.1 Å². The molecule has 2 aliphatic rings. The first-order valence-corrected chi connectivity index (χ1v) is 7.64. The van der Waals surface area contributed by atoms with Gasteiger partial charge in [-0.05, 0) is 17.7 Å². The summed E-state index contributed by atoms with van der Waals surface area (Å²) in [5.74, 6) is 1.40. The summed E-state index contributed by atoms with van der Waals surface area (Å²) in [7, 11) is 1.75. The number of hydrogen-bond donors (Lipinski definition) is 1. The second-order valence-electron chi connectivity index (χ2n) is 5.55. The Kier molecular flexibility index (Phi) is 3.05. The molecule has 4 rings (SSSR count). The Hall–Kier alpha value is -2.54. The summed E-state index contributed by atoms with van der Waals surface area (Å²) in [4.78, 5) is 25.1. The summed E-state index contributed by atoms with van der Waals surface area (Å²) < 4.78 is 1.63. The Morgan fingerprint density at radius 2 is 2.04 bits per heavy atom. The van der Waals surface area contributed by atoms with Crippen molar-refractivity contribution in [1.29, 1.82) is 0 Å². The number of halogens is 1. The van der Waals surface area contributed by atoms with Crippen molar-refractivity contribution < 1.29 is 4.79 Å². The van der Waals surface area contributed by atoms with E-state index in [0.29, 0.717) is 48.1 Å². The third kappa shape index (κ3) is 2.08. The van der Waals surface area contributed by atoms with E-state index in [2.05, 4.69) is 9.98 Å². The van der Waals surface area contributed by atoms with Gasteiger partial charge in [-0.25, -0.2) is 0 Å². The number of carbonyl (C=O) groups excluding carboxylic acids is 1. The number of aromatic nitrogens is 2. The van der Waals surface area contributed by atoms with E-state index < -0.39 is 0 Å². The number of rotatable bonds is 2. The molecule has 1 aromatic carbocycles. The van der Waals surface area contributed by atoms with Gasteiger partial charge in [0, 0.05) is 18.6 Å². The fourth-order valence-electron chi connectivity index (χ4n) is 2.93. The van der Waals surface area contributed by atoms with Gasteiger partial charge in [0.2, 0.25) is 11.9 Å². The predicted molar refractivity (Wildman–Crippen MR) is 88.6 cm³/mol. The number of anilines is 2. The number of hydrogen-bond acceptors (Lipinski definition) is 5. The Balaban J connectivity index is 1.80. The molecule has 0 fully saturated rings. The van der Waals surface area contributed by atoms with Crippen LogP contribution in [0.4, 0.5) is 11.8 Å². The van der Waals surface area contributed by atoms with E-state index in [9.17, 15) is 4.79 Å². The molecule has 2 aromatic rings. The van der Waals surface area contributed by atoms with Crippen molar-refractivity contribution in [3.63, 3.8) is 0 Å². The molecule has 3 heterocycles. The van der Waals surface area contributed by atoms with E-state index in [1.807, 2.05) is 29.2 Å². The minimum Gasteiger partial charge on any atom is -0.369 e. The number of nitrogens with two attached hydrogens (primary N) is 1. The maximum atomic E-state index is 12.7. The molecule has 0 saturated heterocycles. The first kappa shape index (κ1) is 14.1. The summed E-state index contributed by atoms with van der Waals surface area (Å²) in [6.45, 7) is 1.72. The first-order valence-electron chi connectivity index (χ1n) is 7.27. The molecule has 7 nitrogen and oxygen atoms in total. The van der Waals surface area contributed by atoms with Gasteiger partial charge >= 0.3 is 0 Å². The van der Waals surface area contributed by atoms with Gasteiger partial charge in [0.25, 0.3) is 5.91 Å². The van der Waals surface area contributed by atoms with Crippen LogP contribution in [0.15, 0.2) is 29.3 Å². The fraction of sp³-hybridized carbons (Fsp3) is 0.267. The molecule has 0 bridgehead atoms. The number of aliphatic imine (C=N–C) groups is 1. The molecule has 0 aliphatic carbocycles. The normalized spacial score (nSPS) is 16.4. The van der Waals surface area contributed by atoms with Crippen molar-refractivity contribution in [2.24, 2.45) is 12.0 Å². The lowest BCUT2D eigenvalue weighted by atomic mass is 10.2. The molecule has 8 heteroatoms. The molecule has 1 aromatic heterocycles. The number of imidazole rings is 1. The predicted octanol–water partition coefficient (Wildman–Crippen LogP) is 1.49. The Bertz CT molecular complexity index is 825. The van der Waals surface area contributed by atoms with E-state index in [-0.39, 0.29) is 5.91 Å². The highest BCUT2D eigenvalue weighted by Gasteiger charge is 2.41. The van der Waals surface area contributed by atoms with Gasteiger partial charge in [-0.2, -0.15) is 4.98 Å². The molecule has 0 atom stereocenters. The highest BCUT2D eigenvalue weighted by atomic mass is 35.5. The smallest absolute Gasteiger partial charge is 0.281 e. The number of carbonyl (C=O) groups is 1. The lowest BCUT2D eigenvalue weighted by Gasteiger charge is -2.33. The summed E-state index contributed by atoms with van der Waals surface area (Å²) in [5, 5.41) is 0.685. The average molecular weight is 331 g/mol. The van der Waals surface area contributed by atoms with E-state index >= 15 is 0 Å². The summed E-state index contributed by atoms with van der Waals surface area (Å²) >= 11 is 5.95. The maximum Gasteiger partial charge on any atom is 0.281 e. The molecule has 2 aliphatic heterocycles. The van der Waals surface area contributed by atoms with Crippen molar-refractivity contribution in [2.75, 3.05) is 23.7 Å². The SMILES string of the molecule is Cn1c(N)nc2c1C(=O)N1CCN=C1N2Cc1ccc(Cl)cc1. The molecular weight excluding hydrogens is 316 g/mol. The third-order valence-electron chi connectivity index (χ3n) is 4.13. The molecule has 118 valence electrons. The summed E-state index contributed by atoms with van der Waals surface area (Å²) in [5.41, 5.74) is 7.45.